The van der Waals surface area contributed by atoms with Gasteiger partial charge in [0.1, 0.15) is 5.60 Å². The number of benzene rings is 1. The molecule has 2 aliphatic carbocycles. The number of ether oxygens (including phenoxy) is 1. The topological polar surface area (TPSA) is 46.5 Å². The lowest BCUT2D eigenvalue weighted by molar-refractivity contribution is -0.151. The summed E-state index contributed by atoms with van der Waals surface area (Å²) in [5.74, 6) is 6.38. The van der Waals surface area contributed by atoms with E-state index in [1.165, 1.54) is 0 Å². The lowest BCUT2D eigenvalue weighted by Crippen LogP contribution is -2.40. The number of rotatable bonds is 3. The lowest BCUT2D eigenvalue weighted by atomic mass is 9.69. The largest absolute Gasteiger partial charge is 0.466 e. The van der Waals surface area contributed by atoms with E-state index in [1.807, 2.05) is 37.3 Å². The molecule has 0 aliphatic heterocycles. The van der Waals surface area contributed by atoms with E-state index in [1.54, 1.807) is 0 Å². The van der Waals surface area contributed by atoms with Crippen LogP contribution in [-0.4, -0.2) is 23.3 Å². The number of hydrogen-bond donors (Lipinski definition) is 1. The maximum absolute atomic E-state index is 12.3. The molecule has 3 nitrogen and oxygen atoms in total. The third-order valence-corrected chi connectivity index (χ3v) is 4.82. The zero-order chi connectivity index (χ0) is 16.3. The molecule has 0 aromatic heterocycles. The summed E-state index contributed by atoms with van der Waals surface area (Å²) < 4.78 is 5.25. The van der Waals surface area contributed by atoms with Gasteiger partial charge in [-0.25, -0.2) is 0 Å². The van der Waals surface area contributed by atoms with E-state index in [4.69, 9.17) is 4.74 Å². The molecule has 3 atom stereocenters. The fraction of sp³-hybridized carbons (Fsp3) is 0.550. The van der Waals surface area contributed by atoms with E-state index in [-0.39, 0.29) is 17.8 Å². The molecule has 0 bridgehead atoms. The summed E-state index contributed by atoms with van der Waals surface area (Å²) in [6, 6.07) is 9.96. The van der Waals surface area contributed by atoms with Crippen molar-refractivity contribution in [2.75, 3.05) is 6.61 Å². The Morgan fingerprint density at radius 3 is 2.70 bits per heavy atom. The first kappa shape index (κ1) is 16.1. The Kier molecular flexibility index (Phi) is 4.73. The normalized spacial score (nSPS) is 30.2. The summed E-state index contributed by atoms with van der Waals surface area (Å²) in [5.41, 5.74) is 0.100. The monoisotopic (exact) mass is 312 g/mol. The van der Waals surface area contributed by atoms with Crippen molar-refractivity contribution in [1.29, 1.82) is 0 Å². The van der Waals surface area contributed by atoms with Crippen molar-refractivity contribution in [2.24, 2.45) is 11.8 Å². The van der Waals surface area contributed by atoms with Crippen LogP contribution in [0.5, 0.6) is 0 Å². The second kappa shape index (κ2) is 6.76. The molecule has 1 unspecified atom stereocenters. The van der Waals surface area contributed by atoms with Gasteiger partial charge in [-0.05, 0) is 44.6 Å². The van der Waals surface area contributed by atoms with Crippen LogP contribution in [0.1, 0.15) is 50.5 Å². The van der Waals surface area contributed by atoms with E-state index >= 15 is 0 Å². The summed E-state index contributed by atoms with van der Waals surface area (Å²) in [7, 11) is 0. The Labute approximate surface area is 138 Å². The SMILES string of the molecule is CCOC(=O)[C@@H]1CCC(O)(C#CC2CC2)C[C@H]1c1ccccc1. The number of aliphatic hydroxyl groups is 1. The molecule has 122 valence electrons. The summed E-state index contributed by atoms with van der Waals surface area (Å²) in [6.45, 7) is 2.22. The molecule has 2 fully saturated rings. The quantitative estimate of drug-likeness (QED) is 0.688. The fourth-order valence-electron chi connectivity index (χ4n) is 3.36. The highest BCUT2D eigenvalue weighted by Crippen LogP contribution is 2.43. The molecule has 0 heterocycles. The van der Waals surface area contributed by atoms with E-state index in [0.29, 0.717) is 31.8 Å². The zero-order valence-corrected chi connectivity index (χ0v) is 13.6. The van der Waals surface area contributed by atoms with Gasteiger partial charge >= 0.3 is 5.97 Å². The standard InChI is InChI=1S/C20H24O3/c1-2-23-19(21)17-11-13-20(22,12-10-15-8-9-15)14-18(17)16-6-4-3-5-7-16/h3-7,15,17-18,22H,2,8-9,11,13-14H2,1H3/t17-,18+,20?/m1/s1. The summed E-state index contributed by atoms with van der Waals surface area (Å²) >= 11 is 0. The van der Waals surface area contributed by atoms with Gasteiger partial charge in [0.25, 0.3) is 0 Å². The predicted molar refractivity (Wildman–Crippen MR) is 88.6 cm³/mol. The van der Waals surface area contributed by atoms with Crippen LogP contribution in [-0.2, 0) is 9.53 Å². The molecule has 2 aliphatic rings. The van der Waals surface area contributed by atoms with Gasteiger partial charge in [0, 0.05) is 11.8 Å². The van der Waals surface area contributed by atoms with Crippen LogP contribution in [0.25, 0.3) is 0 Å². The van der Waals surface area contributed by atoms with Crippen LogP contribution in [0.4, 0.5) is 0 Å². The van der Waals surface area contributed by atoms with Crippen LogP contribution in [0.15, 0.2) is 30.3 Å². The van der Waals surface area contributed by atoms with Crippen LogP contribution >= 0.6 is 0 Å². The van der Waals surface area contributed by atoms with Crippen LogP contribution in [0.3, 0.4) is 0 Å². The second-order valence-electron chi connectivity index (χ2n) is 6.69. The summed E-state index contributed by atoms with van der Waals surface area (Å²) in [6.07, 6.45) is 3.96. The van der Waals surface area contributed by atoms with Gasteiger partial charge in [-0.3, -0.25) is 4.79 Å². The molecule has 3 heteroatoms. The molecule has 1 aromatic rings. The first-order chi connectivity index (χ1) is 11.1. The molecule has 0 radical (unpaired) electrons. The molecule has 3 rings (SSSR count). The van der Waals surface area contributed by atoms with E-state index in [0.717, 1.165) is 18.4 Å². The molecular weight excluding hydrogens is 288 g/mol. The van der Waals surface area contributed by atoms with Crippen LogP contribution in [0.2, 0.25) is 0 Å². The van der Waals surface area contributed by atoms with Crippen molar-refractivity contribution >= 4 is 5.97 Å². The Bertz CT molecular complexity index is 609. The van der Waals surface area contributed by atoms with Gasteiger partial charge in [-0.2, -0.15) is 0 Å². The lowest BCUT2D eigenvalue weighted by Gasteiger charge is -2.38. The number of hydrogen-bond acceptors (Lipinski definition) is 3. The van der Waals surface area contributed by atoms with Gasteiger partial charge in [0.05, 0.1) is 12.5 Å². The van der Waals surface area contributed by atoms with E-state index in [2.05, 4.69) is 11.8 Å². The Morgan fingerprint density at radius 1 is 1.30 bits per heavy atom. The minimum Gasteiger partial charge on any atom is -0.466 e. The second-order valence-corrected chi connectivity index (χ2v) is 6.69. The first-order valence-electron chi connectivity index (χ1n) is 8.58. The van der Waals surface area contributed by atoms with Gasteiger partial charge in [0.2, 0.25) is 0 Å². The third kappa shape index (κ3) is 3.95. The van der Waals surface area contributed by atoms with Crippen molar-refractivity contribution in [3.63, 3.8) is 0 Å². The van der Waals surface area contributed by atoms with Crippen LogP contribution in [0, 0.1) is 23.7 Å². The molecular formula is C20H24O3. The highest BCUT2D eigenvalue weighted by molar-refractivity contribution is 5.74. The third-order valence-electron chi connectivity index (χ3n) is 4.82. The summed E-state index contributed by atoms with van der Waals surface area (Å²) in [5, 5.41) is 10.9. The van der Waals surface area contributed by atoms with E-state index in [9.17, 15) is 9.90 Å². The molecule has 2 saturated carbocycles. The number of esters is 1. The van der Waals surface area contributed by atoms with Crippen molar-refractivity contribution in [3.05, 3.63) is 35.9 Å². The van der Waals surface area contributed by atoms with Gasteiger partial charge in [-0.1, -0.05) is 42.2 Å². The Morgan fingerprint density at radius 2 is 2.04 bits per heavy atom. The number of carbonyl (C=O) groups is 1. The predicted octanol–water partition coefficient (Wildman–Crippen LogP) is 3.28. The highest BCUT2D eigenvalue weighted by atomic mass is 16.5. The van der Waals surface area contributed by atoms with Crippen molar-refractivity contribution in [3.8, 4) is 11.8 Å². The maximum Gasteiger partial charge on any atom is 0.309 e. The maximum atomic E-state index is 12.3. The fourth-order valence-corrected chi connectivity index (χ4v) is 3.36. The van der Waals surface area contributed by atoms with Crippen molar-refractivity contribution in [2.45, 2.75) is 50.5 Å². The minimum atomic E-state index is -0.980. The van der Waals surface area contributed by atoms with Crippen molar-refractivity contribution in [1.82, 2.24) is 0 Å². The molecule has 1 N–H and O–H groups in total. The zero-order valence-electron chi connectivity index (χ0n) is 13.6. The summed E-state index contributed by atoms with van der Waals surface area (Å²) in [4.78, 5) is 12.3. The molecule has 1 aromatic carbocycles. The molecule has 0 amide bonds. The van der Waals surface area contributed by atoms with Crippen LogP contribution < -0.4 is 0 Å². The smallest absolute Gasteiger partial charge is 0.309 e. The number of carbonyl (C=O) groups excluding carboxylic acids is 1. The highest BCUT2D eigenvalue weighted by Gasteiger charge is 2.43. The average Bonchev–Trinajstić information content (AvgIpc) is 3.38. The molecule has 0 spiro atoms. The average molecular weight is 312 g/mol. The van der Waals surface area contributed by atoms with E-state index < -0.39 is 5.60 Å². The minimum absolute atomic E-state index is 0.0393. The van der Waals surface area contributed by atoms with Crippen molar-refractivity contribution < 1.29 is 14.6 Å². The van der Waals surface area contributed by atoms with Gasteiger partial charge < -0.3 is 9.84 Å². The molecule has 23 heavy (non-hydrogen) atoms. The van der Waals surface area contributed by atoms with Gasteiger partial charge in [-0.15, -0.1) is 0 Å². The Balaban J connectivity index is 1.83. The first-order valence-corrected chi connectivity index (χ1v) is 8.58. The Hall–Kier alpha value is -1.79. The molecule has 0 saturated heterocycles. The van der Waals surface area contributed by atoms with Gasteiger partial charge in [0.15, 0.2) is 0 Å².